The Morgan fingerprint density at radius 2 is 2.15 bits per heavy atom. The van der Waals surface area contributed by atoms with Gasteiger partial charge in [0, 0.05) is 24.5 Å². The molecule has 0 aromatic carbocycles. The third-order valence-corrected chi connectivity index (χ3v) is 1.96. The smallest absolute Gasteiger partial charge is 0.0401 e. The van der Waals surface area contributed by atoms with Crippen LogP contribution in [0.2, 0.25) is 0 Å². The van der Waals surface area contributed by atoms with Crippen LogP contribution in [-0.2, 0) is 13.0 Å². The third-order valence-electron chi connectivity index (χ3n) is 1.96. The van der Waals surface area contributed by atoms with E-state index in [0.29, 0.717) is 6.04 Å². The monoisotopic (exact) mass is 178 g/mol. The van der Waals surface area contributed by atoms with Crippen LogP contribution in [0.4, 0.5) is 0 Å². The maximum Gasteiger partial charge on any atom is 0.0401 e. The van der Waals surface area contributed by atoms with Gasteiger partial charge in [-0.25, -0.2) is 0 Å². The van der Waals surface area contributed by atoms with E-state index in [1.54, 1.807) is 0 Å². The van der Waals surface area contributed by atoms with Crippen molar-refractivity contribution >= 4 is 0 Å². The van der Waals surface area contributed by atoms with Crippen molar-refractivity contribution in [3.05, 3.63) is 29.6 Å². The number of pyridine rings is 1. The van der Waals surface area contributed by atoms with Gasteiger partial charge in [-0.15, -0.1) is 0 Å². The normalized spacial score (nSPS) is 10.8. The Morgan fingerprint density at radius 1 is 1.38 bits per heavy atom. The molecule has 0 spiro atoms. The van der Waals surface area contributed by atoms with E-state index in [0.717, 1.165) is 18.7 Å². The van der Waals surface area contributed by atoms with Crippen LogP contribution in [0.5, 0.6) is 0 Å². The van der Waals surface area contributed by atoms with Gasteiger partial charge in [-0.2, -0.15) is 0 Å². The van der Waals surface area contributed by atoms with Gasteiger partial charge in [0.2, 0.25) is 0 Å². The van der Waals surface area contributed by atoms with Crippen molar-refractivity contribution in [3.8, 4) is 0 Å². The van der Waals surface area contributed by atoms with E-state index < -0.39 is 0 Å². The molecule has 72 valence electrons. The lowest BCUT2D eigenvalue weighted by atomic mass is 10.2. The van der Waals surface area contributed by atoms with E-state index in [-0.39, 0.29) is 0 Å². The van der Waals surface area contributed by atoms with Crippen LogP contribution in [0.25, 0.3) is 0 Å². The molecule has 0 atom stereocenters. The van der Waals surface area contributed by atoms with Gasteiger partial charge in [0.05, 0.1) is 0 Å². The second-order valence-electron chi connectivity index (χ2n) is 3.55. The van der Waals surface area contributed by atoms with E-state index in [2.05, 4.69) is 43.2 Å². The third kappa shape index (κ3) is 3.55. The summed E-state index contributed by atoms with van der Waals surface area (Å²) in [6, 6.07) is 4.77. The summed E-state index contributed by atoms with van der Waals surface area (Å²) < 4.78 is 0. The number of aromatic nitrogens is 1. The maximum absolute atomic E-state index is 4.34. The number of nitrogens with zero attached hydrogens (tertiary/aromatic N) is 1. The summed E-state index contributed by atoms with van der Waals surface area (Å²) in [5.41, 5.74) is 2.42. The van der Waals surface area contributed by atoms with Crippen molar-refractivity contribution in [2.75, 3.05) is 0 Å². The van der Waals surface area contributed by atoms with Crippen molar-refractivity contribution in [2.45, 2.75) is 39.8 Å². The molecule has 0 bridgehead atoms. The van der Waals surface area contributed by atoms with Crippen molar-refractivity contribution < 1.29 is 0 Å². The summed E-state index contributed by atoms with van der Waals surface area (Å²) >= 11 is 0. The predicted molar refractivity (Wildman–Crippen MR) is 55.6 cm³/mol. The van der Waals surface area contributed by atoms with Gasteiger partial charge in [-0.3, -0.25) is 4.98 Å². The molecule has 0 saturated heterocycles. The van der Waals surface area contributed by atoms with Gasteiger partial charge in [-0.05, 0) is 18.1 Å². The lowest BCUT2D eigenvalue weighted by Gasteiger charge is -2.07. The Hall–Kier alpha value is -0.890. The highest BCUT2D eigenvalue weighted by Crippen LogP contribution is 2.00. The minimum atomic E-state index is 0.533. The molecular weight excluding hydrogens is 160 g/mol. The zero-order valence-corrected chi connectivity index (χ0v) is 8.67. The van der Waals surface area contributed by atoms with Crippen LogP contribution in [0.15, 0.2) is 18.3 Å². The first kappa shape index (κ1) is 10.2. The first-order valence-corrected chi connectivity index (χ1v) is 4.89. The summed E-state index contributed by atoms with van der Waals surface area (Å²) in [6.07, 6.45) is 2.96. The summed E-state index contributed by atoms with van der Waals surface area (Å²) in [5, 5.41) is 3.36. The molecule has 2 heteroatoms. The first-order valence-electron chi connectivity index (χ1n) is 4.89. The SMILES string of the molecule is CCc1ccc(CNC(C)C)cn1. The highest BCUT2D eigenvalue weighted by atomic mass is 14.9. The number of nitrogens with one attached hydrogen (secondary N) is 1. The largest absolute Gasteiger partial charge is 0.310 e. The molecule has 1 aromatic heterocycles. The average Bonchev–Trinajstić information content (AvgIpc) is 2.15. The van der Waals surface area contributed by atoms with Crippen molar-refractivity contribution in [2.24, 2.45) is 0 Å². The zero-order valence-electron chi connectivity index (χ0n) is 8.67. The van der Waals surface area contributed by atoms with Crippen LogP contribution in [-0.4, -0.2) is 11.0 Å². The van der Waals surface area contributed by atoms with Crippen molar-refractivity contribution in [1.82, 2.24) is 10.3 Å². The zero-order chi connectivity index (χ0) is 9.68. The van der Waals surface area contributed by atoms with Crippen LogP contribution < -0.4 is 5.32 Å². The van der Waals surface area contributed by atoms with Crippen LogP contribution in [0.3, 0.4) is 0 Å². The first-order chi connectivity index (χ1) is 6.22. The van der Waals surface area contributed by atoms with Gasteiger partial charge in [0.15, 0.2) is 0 Å². The van der Waals surface area contributed by atoms with Gasteiger partial charge >= 0.3 is 0 Å². The second-order valence-corrected chi connectivity index (χ2v) is 3.55. The Morgan fingerprint density at radius 3 is 2.62 bits per heavy atom. The molecule has 2 nitrogen and oxygen atoms in total. The van der Waals surface area contributed by atoms with Crippen molar-refractivity contribution in [1.29, 1.82) is 0 Å². The lowest BCUT2D eigenvalue weighted by Crippen LogP contribution is -2.21. The molecule has 1 N–H and O–H groups in total. The number of hydrogen-bond acceptors (Lipinski definition) is 2. The van der Waals surface area contributed by atoms with E-state index >= 15 is 0 Å². The predicted octanol–water partition coefficient (Wildman–Crippen LogP) is 2.14. The molecule has 0 aliphatic carbocycles. The molecular formula is C11H18N2. The number of aryl methyl sites for hydroxylation is 1. The van der Waals surface area contributed by atoms with Crippen LogP contribution in [0, 0.1) is 0 Å². The molecule has 0 amide bonds. The molecule has 1 rings (SSSR count). The fourth-order valence-corrected chi connectivity index (χ4v) is 1.09. The summed E-state index contributed by atoms with van der Waals surface area (Å²) in [4.78, 5) is 4.34. The van der Waals surface area contributed by atoms with Crippen LogP contribution in [0.1, 0.15) is 32.0 Å². The van der Waals surface area contributed by atoms with Crippen LogP contribution >= 0.6 is 0 Å². The number of rotatable bonds is 4. The van der Waals surface area contributed by atoms with Gasteiger partial charge in [0.25, 0.3) is 0 Å². The van der Waals surface area contributed by atoms with E-state index in [9.17, 15) is 0 Å². The molecule has 1 aromatic rings. The van der Waals surface area contributed by atoms with E-state index in [1.165, 1.54) is 5.56 Å². The molecule has 1 heterocycles. The molecule has 0 aliphatic rings. The topological polar surface area (TPSA) is 24.9 Å². The minimum absolute atomic E-state index is 0.533. The highest BCUT2D eigenvalue weighted by molar-refractivity contribution is 5.13. The minimum Gasteiger partial charge on any atom is -0.310 e. The van der Waals surface area contributed by atoms with Gasteiger partial charge < -0.3 is 5.32 Å². The Bertz CT molecular complexity index is 239. The molecule has 13 heavy (non-hydrogen) atoms. The fraction of sp³-hybridized carbons (Fsp3) is 0.545. The van der Waals surface area contributed by atoms with E-state index in [1.807, 2.05) is 6.20 Å². The maximum atomic E-state index is 4.34. The Kier molecular flexibility index (Phi) is 3.90. The molecule has 0 fully saturated rings. The molecule has 0 saturated carbocycles. The summed E-state index contributed by atoms with van der Waals surface area (Å²) in [6.45, 7) is 7.32. The quantitative estimate of drug-likeness (QED) is 0.764. The fourth-order valence-electron chi connectivity index (χ4n) is 1.09. The Labute approximate surface area is 80.4 Å². The Balaban J connectivity index is 2.49. The molecule has 0 radical (unpaired) electrons. The van der Waals surface area contributed by atoms with Gasteiger partial charge in [-0.1, -0.05) is 26.8 Å². The van der Waals surface area contributed by atoms with E-state index in [4.69, 9.17) is 0 Å². The van der Waals surface area contributed by atoms with Crippen molar-refractivity contribution in [3.63, 3.8) is 0 Å². The molecule has 0 unspecified atom stereocenters. The lowest BCUT2D eigenvalue weighted by molar-refractivity contribution is 0.587. The molecule has 0 aliphatic heterocycles. The summed E-state index contributed by atoms with van der Waals surface area (Å²) in [5.74, 6) is 0. The second kappa shape index (κ2) is 4.97. The van der Waals surface area contributed by atoms with Gasteiger partial charge in [0.1, 0.15) is 0 Å². The average molecular weight is 178 g/mol. The highest BCUT2D eigenvalue weighted by Gasteiger charge is 1.95. The standard InChI is InChI=1S/C11H18N2/c1-4-11-6-5-10(8-13-11)7-12-9(2)3/h5-6,8-9,12H,4,7H2,1-3H3. The summed E-state index contributed by atoms with van der Waals surface area (Å²) in [7, 11) is 0. The number of hydrogen-bond donors (Lipinski definition) is 1.